The van der Waals surface area contributed by atoms with Crippen molar-refractivity contribution in [2.75, 3.05) is 31.8 Å². The van der Waals surface area contributed by atoms with E-state index in [0.717, 1.165) is 25.3 Å². The molecular formula is C12H23NO2S. The molecule has 1 atom stereocenters. The summed E-state index contributed by atoms with van der Waals surface area (Å²) in [6.45, 7) is 3.91. The highest BCUT2D eigenvalue weighted by molar-refractivity contribution is 7.99. The Hall–Kier alpha value is -0.220. The van der Waals surface area contributed by atoms with Crippen LogP contribution in [-0.2, 0) is 9.53 Å². The number of nitrogens with zero attached hydrogens (tertiary/aromatic N) is 1. The van der Waals surface area contributed by atoms with Gasteiger partial charge in [-0.1, -0.05) is 0 Å². The zero-order valence-electron chi connectivity index (χ0n) is 10.4. The van der Waals surface area contributed by atoms with E-state index in [1.54, 1.807) is 18.9 Å². The van der Waals surface area contributed by atoms with Crippen molar-refractivity contribution >= 4 is 17.7 Å². The summed E-state index contributed by atoms with van der Waals surface area (Å²) < 4.78 is 4.97. The predicted molar refractivity (Wildman–Crippen MR) is 68.8 cm³/mol. The molecule has 0 spiro atoms. The van der Waals surface area contributed by atoms with Crippen LogP contribution in [0, 0.1) is 0 Å². The molecule has 0 bridgehead atoms. The van der Waals surface area contributed by atoms with Crippen molar-refractivity contribution in [1.29, 1.82) is 0 Å². The largest absolute Gasteiger partial charge is 0.385 e. The third-order valence-electron chi connectivity index (χ3n) is 2.99. The first-order chi connectivity index (χ1) is 7.75. The number of ether oxygens (including phenoxy) is 1. The fourth-order valence-corrected chi connectivity index (χ4v) is 2.82. The summed E-state index contributed by atoms with van der Waals surface area (Å²) >= 11 is 1.73. The predicted octanol–water partition coefficient (Wildman–Crippen LogP) is 2.16. The van der Waals surface area contributed by atoms with Gasteiger partial charge in [0.15, 0.2) is 0 Å². The number of piperidine rings is 1. The minimum atomic E-state index is 0.314. The molecule has 0 N–H and O–H groups in total. The second-order valence-corrected chi connectivity index (χ2v) is 5.44. The molecule has 1 heterocycles. The lowest BCUT2D eigenvalue weighted by Gasteiger charge is -2.33. The Bertz CT molecular complexity index is 211. The third-order valence-corrected chi connectivity index (χ3v) is 4.01. The minimum absolute atomic E-state index is 0.314. The zero-order valence-corrected chi connectivity index (χ0v) is 11.2. The molecule has 1 saturated heterocycles. The third kappa shape index (κ3) is 4.74. The van der Waals surface area contributed by atoms with Gasteiger partial charge in [-0.25, -0.2) is 0 Å². The number of thioether (sulfide) groups is 1. The molecular weight excluding hydrogens is 222 g/mol. The summed E-state index contributed by atoms with van der Waals surface area (Å²) in [6, 6.07) is 0.445. The first-order valence-electron chi connectivity index (χ1n) is 6.12. The molecule has 0 aromatic carbocycles. The number of amides is 1. The van der Waals surface area contributed by atoms with Gasteiger partial charge in [0.1, 0.15) is 0 Å². The van der Waals surface area contributed by atoms with Crippen molar-refractivity contribution in [2.24, 2.45) is 0 Å². The minimum Gasteiger partial charge on any atom is -0.385 e. The van der Waals surface area contributed by atoms with Crippen molar-refractivity contribution in [1.82, 2.24) is 4.90 Å². The maximum atomic E-state index is 11.9. The Labute approximate surface area is 103 Å². The van der Waals surface area contributed by atoms with Gasteiger partial charge in [-0.05, 0) is 38.4 Å². The van der Waals surface area contributed by atoms with Crippen LogP contribution in [0.1, 0.15) is 32.6 Å². The maximum Gasteiger partial charge on any atom is 0.232 e. The standard InChI is InChI=1S/C12H23NO2S/c1-11-6-3-4-7-13(11)12(14)10-16-9-5-8-15-2/h11H,3-10H2,1-2H3/t11-/m1/s1. The van der Waals surface area contributed by atoms with E-state index in [9.17, 15) is 4.79 Å². The van der Waals surface area contributed by atoms with Gasteiger partial charge in [-0.15, -0.1) is 0 Å². The fourth-order valence-electron chi connectivity index (χ4n) is 2.02. The lowest BCUT2D eigenvalue weighted by Crippen LogP contribution is -2.43. The van der Waals surface area contributed by atoms with Crippen molar-refractivity contribution in [3.63, 3.8) is 0 Å². The Morgan fingerprint density at radius 3 is 3.00 bits per heavy atom. The second-order valence-electron chi connectivity index (χ2n) is 4.33. The summed E-state index contributed by atoms with van der Waals surface area (Å²) in [7, 11) is 1.71. The molecule has 0 saturated carbocycles. The average Bonchev–Trinajstić information content (AvgIpc) is 2.29. The summed E-state index contributed by atoms with van der Waals surface area (Å²) in [5.74, 6) is 1.96. The van der Waals surface area contributed by atoms with Gasteiger partial charge in [-0.2, -0.15) is 11.8 Å². The van der Waals surface area contributed by atoms with Crippen LogP contribution in [0.5, 0.6) is 0 Å². The van der Waals surface area contributed by atoms with Crippen molar-refractivity contribution in [3.05, 3.63) is 0 Å². The summed E-state index contributed by atoms with van der Waals surface area (Å²) in [5, 5.41) is 0. The van der Waals surface area contributed by atoms with Crippen LogP contribution in [0.3, 0.4) is 0 Å². The SMILES string of the molecule is COCCCSCC(=O)N1CCCC[C@H]1C. The number of methoxy groups -OCH3 is 1. The number of likely N-dealkylation sites (tertiary alicyclic amines) is 1. The van der Waals surface area contributed by atoms with Crippen LogP contribution < -0.4 is 0 Å². The van der Waals surface area contributed by atoms with E-state index in [1.807, 2.05) is 4.90 Å². The van der Waals surface area contributed by atoms with E-state index in [2.05, 4.69) is 6.92 Å². The van der Waals surface area contributed by atoms with Crippen LogP contribution in [0.15, 0.2) is 0 Å². The van der Waals surface area contributed by atoms with E-state index in [-0.39, 0.29) is 0 Å². The quantitative estimate of drug-likeness (QED) is 0.672. The zero-order chi connectivity index (χ0) is 11.8. The Morgan fingerprint density at radius 2 is 2.31 bits per heavy atom. The molecule has 1 fully saturated rings. The van der Waals surface area contributed by atoms with Crippen molar-refractivity contribution < 1.29 is 9.53 Å². The molecule has 0 aliphatic carbocycles. The van der Waals surface area contributed by atoms with E-state index in [4.69, 9.17) is 4.74 Å². The normalized spacial score (nSPS) is 21.1. The number of rotatable bonds is 6. The van der Waals surface area contributed by atoms with Gasteiger partial charge >= 0.3 is 0 Å². The smallest absolute Gasteiger partial charge is 0.232 e. The van der Waals surface area contributed by atoms with Gasteiger partial charge in [0, 0.05) is 26.3 Å². The summed E-state index contributed by atoms with van der Waals surface area (Å²) in [4.78, 5) is 14.0. The van der Waals surface area contributed by atoms with Crippen LogP contribution in [0.25, 0.3) is 0 Å². The van der Waals surface area contributed by atoms with Crippen LogP contribution >= 0.6 is 11.8 Å². The summed E-state index contributed by atoms with van der Waals surface area (Å²) in [6.07, 6.45) is 4.64. The van der Waals surface area contributed by atoms with Crippen molar-refractivity contribution in [3.8, 4) is 0 Å². The van der Waals surface area contributed by atoms with Gasteiger partial charge in [0.25, 0.3) is 0 Å². The molecule has 1 amide bonds. The highest BCUT2D eigenvalue weighted by atomic mass is 32.2. The molecule has 0 aromatic rings. The van der Waals surface area contributed by atoms with Crippen molar-refractivity contribution in [2.45, 2.75) is 38.6 Å². The Morgan fingerprint density at radius 1 is 1.50 bits per heavy atom. The molecule has 1 aliphatic rings. The molecule has 16 heavy (non-hydrogen) atoms. The number of carbonyl (C=O) groups is 1. The Balaban J connectivity index is 2.13. The van der Waals surface area contributed by atoms with Gasteiger partial charge in [0.05, 0.1) is 5.75 Å². The van der Waals surface area contributed by atoms with Crippen LogP contribution in [-0.4, -0.2) is 48.6 Å². The van der Waals surface area contributed by atoms with E-state index in [0.29, 0.717) is 17.7 Å². The first-order valence-corrected chi connectivity index (χ1v) is 7.27. The first kappa shape index (κ1) is 13.8. The number of carbonyl (C=O) groups excluding carboxylic acids is 1. The molecule has 94 valence electrons. The molecule has 1 aliphatic heterocycles. The maximum absolute atomic E-state index is 11.9. The molecule has 4 heteroatoms. The average molecular weight is 245 g/mol. The summed E-state index contributed by atoms with van der Waals surface area (Å²) in [5.41, 5.74) is 0. The lowest BCUT2D eigenvalue weighted by atomic mass is 10.0. The van der Waals surface area contributed by atoms with E-state index < -0.39 is 0 Å². The second kappa shape index (κ2) is 7.96. The highest BCUT2D eigenvalue weighted by Crippen LogP contribution is 2.17. The topological polar surface area (TPSA) is 29.5 Å². The van der Waals surface area contributed by atoms with Crippen LogP contribution in [0.2, 0.25) is 0 Å². The van der Waals surface area contributed by atoms with Gasteiger partial charge in [-0.3, -0.25) is 4.79 Å². The van der Waals surface area contributed by atoms with Gasteiger partial charge < -0.3 is 9.64 Å². The van der Waals surface area contributed by atoms with Crippen LogP contribution in [0.4, 0.5) is 0 Å². The number of hydrogen-bond donors (Lipinski definition) is 0. The molecule has 1 rings (SSSR count). The van der Waals surface area contributed by atoms with E-state index in [1.165, 1.54) is 19.3 Å². The lowest BCUT2D eigenvalue weighted by molar-refractivity contribution is -0.131. The van der Waals surface area contributed by atoms with Gasteiger partial charge in [0.2, 0.25) is 5.91 Å². The highest BCUT2D eigenvalue weighted by Gasteiger charge is 2.22. The molecule has 3 nitrogen and oxygen atoms in total. The fraction of sp³-hybridized carbons (Fsp3) is 0.917. The molecule has 0 unspecified atom stereocenters. The monoisotopic (exact) mass is 245 g/mol. The Kier molecular flexibility index (Phi) is 6.88. The molecule has 0 radical (unpaired) electrons. The molecule has 0 aromatic heterocycles. The van der Waals surface area contributed by atoms with E-state index >= 15 is 0 Å². The number of hydrogen-bond acceptors (Lipinski definition) is 3.